The topological polar surface area (TPSA) is 88.6 Å². The van der Waals surface area contributed by atoms with Crippen LogP contribution in [0.3, 0.4) is 0 Å². The van der Waals surface area contributed by atoms with Gasteiger partial charge < -0.3 is 24.5 Å². The van der Waals surface area contributed by atoms with Crippen molar-refractivity contribution in [2.24, 2.45) is 5.73 Å². The minimum Gasteiger partial charge on any atom is -0.496 e. The van der Waals surface area contributed by atoms with Crippen LogP contribution in [0.2, 0.25) is 0 Å². The van der Waals surface area contributed by atoms with Crippen molar-refractivity contribution in [1.82, 2.24) is 9.55 Å². The summed E-state index contributed by atoms with van der Waals surface area (Å²) in [6, 6.07) is 12.8. The maximum atomic E-state index is 12.3. The summed E-state index contributed by atoms with van der Waals surface area (Å²) in [5.74, 6) is 1.98. The third-order valence-electron chi connectivity index (χ3n) is 4.71. The molecule has 3 aromatic rings. The predicted octanol–water partition coefficient (Wildman–Crippen LogP) is 2.60. The number of hydrogen-bond donors (Lipinski definition) is 1. The molecule has 7 heteroatoms. The quantitative estimate of drug-likeness (QED) is 0.711. The van der Waals surface area contributed by atoms with Gasteiger partial charge in [-0.2, -0.15) is 0 Å². The fourth-order valence-corrected chi connectivity index (χ4v) is 3.36. The Morgan fingerprint density at radius 1 is 1.21 bits per heavy atom. The van der Waals surface area contributed by atoms with Gasteiger partial charge in [0.05, 0.1) is 12.7 Å². The van der Waals surface area contributed by atoms with Crippen molar-refractivity contribution in [2.75, 3.05) is 20.3 Å². The number of primary amides is 1. The van der Waals surface area contributed by atoms with Crippen LogP contribution in [-0.2, 0) is 11.2 Å². The Bertz CT molecular complexity index is 985. The van der Waals surface area contributed by atoms with E-state index in [0.29, 0.717) is 48.3 Å². The number of rotatable bonds is 6. The molecule has 0 radical (unpaired) electrons. The molecule has 1 atom stereocenters. The Morgan fingerprint density at radius 3 is 2.61 bits per heavy atom. The standard InChI is InChI=1S/C21H21N3O4/c1-26-17-13-19-18(27-9-10-28-19)12-15(17)21-23-7-8-24(21)16(20(22)25)11-14-5-3-2-4-6-14/h2-8,12-13,16H,9-11H2,1H3,(H2,22,25)/t16-/m0/s1. The molecule has 0 fully saturated rings. The van der Waals surface area contributed by atoms with E-state index in [0.717, 1.165) is 5.56 Å². The van der Waals surface area contributed by atoms with Crippen LogP contribution in [0.15, 0.2) is 54.9 Å². The second kappa shape index (κ2) is 7.64. The summed E-state index contributed by atoms with van der Waals surface area (Å²) < 4.78 is 18.6. The van der Waals surface area contributed by atoms with Gasteiger partial charge in [0, 0.05) is 24.9 Å². The minimum absolute atomic E-state index is 0.431. The molecule has 1 amide bonds. The molecule has 0 saturated carbocycles. The third kappa shape index (κ3) is 3.38. The fourth-order valence-electron chi connectivity index (χ4n) is 3.36. The Labute approximate surface area is 162 Å². The van der Waals surface area contributed by atoms with Crippen LogP contribution in [0.4, 0.5) is 0 Å². The number of amides is 1. The number of fused-ring (bicyclic) bond motifs is 1. The number of hydrogen-bond acceptors (Lipinski definition) is 5. The molecule has 1 aliphatic rings. The number of imidazole rings is 1. The van der Waals surface area contributed by atoms with Gasteiger partial charge in [0.15, 0.2) is 11.5 Å². The summed E-state index contributed by atoms with van der Waals surface area (Å²) in [7, 11) is 1.58. The van der Waals surface area contributed by atoms with Crippen molar-refractivity contribution in [3.8, 4) is 28.6 Å². The monoisotopic (exact) mass is 379 g/mol. The van der Waals surface area contributed by atoms with E-state index in [1.165, 1.54) is 0 Å². The van der Waals surface area contributed by atoms with Gasteiger partial charge in [-0.3, -0.25) is 4.79 Å². The highest BCUT2D eigenvalue weighted by atomic mass is 16.6. The highest BCUT2D eigenvalue weighted by Gasteiger charge is 2.25. The zero-order valence-corrected chi connectivity index (χ0v) is 15.5. The van der Waals surface area contributed by atoms with Crippen molar-refractivity contribution in [3.05, 3.63) is 60.4 Å². The summed E-state index contributed by atoms with van der Waals surface area (Å²) in [4.78, 5) is 16.7. The van der Waals surface area contributed by atoms with Gasteiger partial charge in [0.2, 0.25) is 5.91 Å². The molecule has 0 bridgehead atoms. The molecule has 144 valence electrons. The molecule has 1 aromatic heterocycles. The average Bonchev–Trinajstić information content (AvgIpc) is 3.20. The van der Waals surface area contributed by atoms with Gasteiger partial charge in [0.25, 0.3) is 0 Å². The van der Waals surface area contributed by atoms with Crippen molar-refractivity contribution >= 4 is 5.91 Å². The highest BCUT2D eigenvalue weighted by Crippen LogP contribution is 2.41. The van der Waals surface area contributed by atoms with Crippen LogP contribution in [0.1, 0.15) is 11.6 Å². The van der Waals surface area contributed by atoms with Crippen LogP contribution in [0.25, 0.3) is 11.4 Å². The number of methoxy groups -OCH3 is 1. The van der Waals surface area contributed by atoms with E-state index in [-0.39, 0.29) is 0 Å². The summed E-state index contributed by atoms with van der Waals surface area (Å²) in [6.45, 7) is 0.968. The Kier molecular flexibility index (Phi) is 4.89. The van der Waals surface area contributed by atoms with Crippen molar-refractivity contribution in [2.45, 2.75) is 12.5 Å². The Balaban J connectivity index is 1.77. The zero-order valence-electron chi connectivity index (χ0n) is 15.5. The minimum atomic E-state index is -0.585. The Hall–Kier alpha value is -3.48. The number of carbonyl (C=O) groups excluding carboxylic acids is 1. The molecule has 2 heterocycles. The van der Waals surface area contributed by atoms with Crippen LogP contribution in [0, 0.1) is 0 Å². The highest BCUT2D eigenvalue weighted by molar-refractivity contribution is 5.80. The number of nitrogens with zero attached hydrogens (tertiary/aromatic N) is 2. The predicted molar refractivity (Wildman–Crippen MR) is 104 cm³/mol. The van der Waals surface area contributed by atoms with Crippen molar-refractivity contribution < 1.29 is 19.0 Å². The summed E-state index contributed by atoms with van der Waals surface area (Å²) in [5, 5.41) is 0. The molecule has 7 nitrogen and oxygen atoms in total. The maximum Gasteiger partial charge on any atom is 0.240 e. The summed E-state index contributed by atoms with van der Waals surface area (Å²) >= 11 is 0. The molecule has 0 unspecified atom stereocenters. The number of benzene rings is 2. The lowest BCUT2D eigenvalue weighted by atomic mass is 10.0. The lowest BCUT2D eigenvalue weighted by molar-refractivity contribution is -0.121. The Morgan fingerprint density at radius 2 is 1.93 bits per heavy atom. The van der Waals surface area contributed by atoms with E-state index >= 15 is 0 Å². The van der Waals surface area contributed by atoms with Gasteiger partial charge in [0.1, 0.15) is 30.8 Å². The molecular weight excluding hydrogens is 358 g/mol. The smallest absolute Gasteiger partial charge is 0.240 e. The average molecular weight is 379 g/mol. The van der Waals surface area contributed by atoms with E-state index in [4.69, 9.17) is 19.9 Å². The van der Waals surface area contributed by atoms with E-state index < -0.39 is 11.9 Å². The van der Waals surface area contributed by atoms with Gasteiger partial charge in [-0.15, -0.1) is 0 Å². The molecule has 0 saturated heterocycles. The van der Waals surface area contributed by atoms with E-state index in [9.17, 15) is 4.79 Å². The van der Waals surface area contributed by atoms with Crippen molar-refractivity contribution in [3.63, 3.8) is 0 Å². The number of carbonyl (C=O) groups is 1. The lowest BCUT2D eigenvalue weighted by Crippen LogP contribution is -2.28. The van der Waals surface area contributed by atoms with Crippen LogP contribution < -0.4 is 19.9 Å². The molecule has 0 aliphatic carbocycles. The SMILES string of the molecule is COc1cc2c(cc1-c1nccn1[C@@H](Cc1ccccc1)C(N)=O)OCCO2. The molecular formula is C21H21N3O4. The van der Waals surface area contributed by atoms with Crippen molar-refractivity contribution in [1.29, 1.82) is 0 Å². The first-order chi connectivity index (χ1) is 13.7. The van der Waals surface area contributed by atoms with Gasteiger partial charge in [-0.1, -0.05) is 30.3 Å². The first kappa shape index (κ1) is 17.9. The zero-order chi connectivity index (χ0) is 19.5. The molecule has 2 N–H and O–H groups in total. The largest absolute Gasteiger partial charge is 0.496 e. The van der Waals surface area contributed by atoms with E-state index in [1.807, 2.05) is 36.4 Å². The maximum absolute atomic E-state index is 12.3. The number of aromatic nitrogens is 2. The third-order valence-corrected chi connectivity index (χ3v) is 4.71. The molecule has 2 aromatic carbocycles. The molecule has 28 heavy (non-hydrogen) atoms. The molecule has 1 aliphatic heterocycles. The second-order valence-electron chi connectivity index (χ2n) is 6.46. The second-order valence-corrected chi connectivity index (χ2v) is 6.46. The van der Waals surface area contributed by atoms with Gasteiger partial charge in [-0.25, -0.2) is 4.98 Å². The summed E-state index contributed by atoms with van der Waals surface area (Å²) in [5.41, 5.74) is 7.46. The van der Waals surface area contributed by atoms with E-state index in [1.54, 1.807) is 30.1 Å². The molecule has 4 rings (SSSR count). The van der Waals surface area contributed by atoms with E-state index in [2.05, 4.69) is 4.98 Å². The van der Waals surface area contributed by atoms with Crippen LogP contribution in [0.5, 0.6) is 17.2 Å². The number of ether oxygens (including phenoxy) is 3. The van der Waals surface area contributed by atoms with Gasteiger partial charge in [-0.05, 0) is 11.6 Å². The summed E-state index contributed by atoms with van der Waals surface area (Å²) in [6.07, 6.45) is 3.86. The van der Waals surface area contributed by atoms with Crippen LogP contribution in [-0.4, -0.2) is 35.8 Å². The first-order valence-corrected chi connectivity index (χ1v) is 9.01. The van der Waals surface area contributed by atoms with Crippen LogP contribution >= 0.6 is 0 Å². The lowest BCUT2D eigenvalue weighted by Gasteiger charge is -2.22. The first-order valence-electron chi connectivity index (χ1n) is 9.01. The number of nitrogens with two attached hydrogens (primary N) is 1. The fraction of sp³-hybridized carbons (Fsp3) is 0.238. The van der Waals surface area contributed by atoms with Gasteiger partial charge >= 0.3 is 0 Å². The normalized spacial score (nSPS) is 13.8. The molecule has 0 spiro atoms.